The van der Waals surface area contributed by atoms with E-state index in [4.69, 9.17) is 0 Å². The lowest BCUT2D eigenvalue weighted by atomic mass is 9.87. The number of Topliss-reactive ketones (excluding diaryl/α,β-unsaturated/α-hetero) is 1. The number of nitrogens with zero attached hydrogens (tertiary/aromatic N) is 6. The van der Waals surface area contributed by atoms with Gasteiger partial charge in [-0.1, -0.05) is 0 Å². The molecule has 0 aliphatic heterocycles. The van der Waals surface area contributed by atoms with E-state index in [1.165, 1.54) is 0 Å². The maximum absolute atomic E-state index is 13.9. The standard InChI is InChI=1S/C21H18Br2N6O/c22-15-1-3-19(26-9-15)17(11-28-7-5-24-13-28)21(30)18(12-29-8-6-25-14-29)20-4-2-16(23)10-27-20/h1-10,13-14,17-18H,11-12H2. The molecule has 4 aromatic heterocycles. The Hall–Kier alpha value is -2.65. The van der Waals surface area contributed by atoms with Crippen molar-refractivity contribution in [3.63, 3.8) is 0 Å². The van der Waals surface area contributed by atoms with Crippen LogP contribution in [0.3, 0.4) is 0 Å². The minimum atomic E-state index is -0.453. The van der Waals surface area contributed by atoms with Crippen LogP contribution in [0.4, 0.5) is 0 Å². The number of ketones is 1. The maximum Gasteiger partial charge on any atom is 0.154 e. The number of pyridine rings is 2. The lowest BCUT2D eigenvalue weighted by molar-refractivity contribution is -0.122. The number of hydrogen-bond donors (Lipinski definition) is 0. The van der Waals surface area contributed by atoms with Gasteiger partial charge in [0.1, 0.15) is 0 Å². The Bertz CT molecular complexity index is 992. The van der Waals surface area contributed by atoms with Crippen LogP contribution >= 0.6 is 31.9 Å². The Balaban J connectivity index is 1.72. The van der Waals surface area contributed by atoms with Crippen molar-refractivity contribution in [2.45, 2.75) is 24.9 Å². The number of carbonyl (C=O) groups excluding carboxylic acids is 1. The van der Waals surface area contributed by atoms with Crippen LogP contribution in [0.15, 0.2) is 83.0 Å². The summed E-state index contributed by atoms with van der Waals surface area (Å²) >= 11 is 6.83. The average Bonchev–Trinajstić information content (AvgIpc) is 3.46. The minimum absolute atomic E-state index is 0.0436. The summed E-state index contributed by atoms with van der Waals surface area (Å²) in [7, 11) is 0. The van der Waals surface area contributed by atoms with Gasteiger partial charge in [0.2, 0.25) is 0 Å². The van der Waals surface area contributed by atoms with Gasteiger partial charge in [-0.3, -0.25) is 14.8 Å². The predicted octanol–water partition coefficient (Wildman–Crippen LogP) is 4.23. The monoisotopic (exact) mass is 528 g/mol. The van der Waals surface area contributed by atoms with Crippen molar-refractivity contribution < 1.29 is 4.79 Å². The molecule has 152 valence electrons. The van der Waals surface area contributed by atoms with Crippen LogP contribution in [0.5, 0.6) is 0 Å². The molecule has 4 aromatic rings. The van der Waals surface area contributed by atoms with E-state index < -0.39 is 11.8 Å². The highest BCUT2D eigenvalue weighted by molar-refractivity contribution is 9.10. The highest BCUT2D eigenvalue weighted by Gasteiger charge is 2.32. The second-order valence-electron chi connectivity index (χ2n) is 6.83. The van der Waals surface area contributed by atoms with E-state index in [0.29, 0.717) is 24.5 Å². The number of aromatic nitrogens is 6. The SMILES string of the molecule is O=C(C(Cn1ccnc1)c1ccc(Br)cn1)C(Cn1ccnc1)c1ccc(Br)cn1. The Labute approximate surface area is 190 Å². The lowest BCUT2D eigenvalue weighted by Crippen LogP contribution is -2.28. The van der Waals surface area contributed by atoms with Crippen LogP contribution in [0.25, 0.3) is 0 Å². The summed E-state index contributed by atoms with van der Waals surface area (Å²) in [6, 6.07) is 7.57. The number of halogens is 2. The molecule has 4 rings (SSSR count). The lowest BCUT2D eigenvalue weighted by Gasteiger charge is -2.23. The highest BCUT2D eigenvalue weighted by atomic mass is 79.9. The average molecular weight is 530 g/mol. The molecule has 0 fully saturated rings. The molecule has 0 aliphatic rings. The fourth-order valence-corrected chi connectivity index (χ4v) is 3.77. The fraction of sp³-hybridized carbons (Fsp3) is 0.190. The van der Waals surface area contributed by atoms with Crippen molar-refractivity contribution in [2.75, 3.05) is 0 Å². The van der Waals surface area contributed by atoms with E-state index in [0.717, 1.165) is 8.95 Å². The van der Waals surface area contributed by atoms with Gasteiger partial charge in [0, 0.05) is 59.2 Å². The molecule has 0 spiro atoms. The first-order valence-corrected chi connectivity index (χ1v) is 10.9. The largest absolute Gasteiger partial charge is 0.336 e. The third-order valence-corrected chi connectivity index (χ3v) is 5.74. The van der Waals surface area contributed by atoms with Gasteiger partial charge in [0.25, 0.3) is 0 Å². The van der Waals surface area contributed by atoms with Crippen LogP contribution in [0.1, 0.15) is 23.2 Å². The molecule has 7 nitrogen and oxygen atoms in total. The molecule has 0 aliphatic carbocycles. The van der Waals surface area contributed by atoms with Crippen molar-refractivity contribution in [3.05, 3.63) is 94.4 Å². The van der Waals surface area contributed by atoms with E-state index in [9.17, 15) is 4.79 Å². The molecule has 0 N–H and O–H groups in total. The number of carbonyl (C=O) groups is 1. The zero-order valence-electron chi connectivity index (χ0n) is 15.8. The highest BCUT2D eigenvalue weighted by Crippen LogP contribution is 2.29. The molecule has 2 atom stereocenters. The molecule has 0 radical (unpaired) electrons. The summed E-state index contributed by atoms with van der Waals surface area (Å²) in [5.74, 6) is -0.861. The van der Waals surface area contributed by atoms with Crippen molar-refractivity contribution in [1.82, 2.24) is 29.1 Å². The summed E-state index contributed by atoms with van der Waals surface area (Å²) in [6.45, 7) is 0.898. The molecular weight excluding hydrogens is 512 g/mol. The van der Waals surface area contributed by atoms with Gasteiger partial charge in [-0.15, -0.1) is 0 Å². The van der Waals surface area contributed by atoms with E-state index in [1.807, 2.05) is 45.8 Å². The minimum Gasteiger partial charge on any atom is -0.336 e. The van der Waals surface area contributed by atoms with Crippen molar-refractivity contribution in [3.8, 4) is 0 Å². The molecule has 0 saturated heterocycles. The molecule has 4 heterocycles. The van der Waals surface area contributed by atoms with Crippen LogP contribution in [-0.2, 0) is 17.9 Å². The molecule has 9 heteroatoms. The first-order valence-electron chi connectivity index (χ1n) is 9.28. The number of hydrogen-bond acceptors (Lipinski definition) is 5. The Morgan fingerprint density at radius 3 is 1.60 bits per heavy atom. The van der Waals surface area contributed by atoms with Crippen molar-refractivity contribution >= 4 is 37.6 Å². The van der Waals surface area contributed by atoms with Gasteiger partial charge in [0.05, 0.1) is 35.9 Å². The van der Waals surface area contributed by atoms with E-state index >= 15 is 0 Å². The zero-order valence-corrected chi connectivity index (χ0v) is 19.0. The van der Waals surface area contributed by atoms with E-state index in [-0.39, 0.29) is 5.78 Å². The molecular formula is C21H18Br2N6O. The topological polar surface area (TPSA) is 78.5 Å². The predicted molar refractivity (Wildman–Crippen MR) is 119 cm³/mol. The number of rotatable bonds is 8. The first-order chi connectivity index (χ1) is 14.6. The van der Waals surface area contributed by atoms with Gasteiger partial charge in [0.15, 0.2) is 5.78 Å². The van der Waals surface area contributed by atoms with Gasteiger partial charge in [-0.2, -0.15) is 0 Å². The Kier molecular flexibility index (Phi) is 6.49. The van der Waals surface area contributed by atoms with Crippen LogP contribution in [0, 0.1) is 0 Å². The van der Waals surface area contributed by atoms with Gasteiger partial charge in [-0.25, -0.2) is 9.97 Å². The molecule has 0 amide bonds. The Morgan fingerprint density at radius 2 is 1.27 bits per heavy atom. The third kappa shape index (κ3) is 4.91. The summed E-state index contributed by atoms with van der Waals surface area (Å²) < 4.78 is 5.53. The molecule has 0 bridgehead atoms. The maximum atomic E-state index is 13.9. The smallest absolute Gasteiger partial charge is 0.154 e. The second-order valence-corrected chi connectivity index (χ2v) is 8.66. The summed E-state index contributed by atoms with van der Waals surface area (Å²) in [5, 5.41) is 0. The van der Waals surface area contributed by atoms with Crippen molar-refractivity contribution in [1.29, 1.82) is 0 Å². The molecule has 2 unspecified atom stereocenters. The van der Waals surface area contributed by atoms with E-state index in [1.54, 1.807) is 37.4 Å². The zero-order chi connectivity index (χ0) is 20.9. The fourth-order valence-electron chi connectivity index (χ4n) is 3.30. The third-order valence-electron chi connectivity index (χ3n) is 4.81. The second kappa shape index (κ2) is 9.44. The van der Waals surface area contributed by atoms with Gasteiger partial charge >= 0.3 is 0 Å². The van der Waals surface area contributed by atoms with Crippen LogP contribution in [-0.4, -0.2) is 34.9 Å². The van der Waals surface area contributed by atoms with Crippen LogP contribution in [0.2, 0.25) is 0 Å². The Morgan fingerprint density at radius 1 is 0.800 bits per heavy atom. The molecule has 0 aromatic carbocycles. The van der Waals surface area contributed by atoms with Gasteiger partial charge in [-0.05, 0) is 56.1 Å². The molecule has 0 saturated carbocycles. The normalized spacial score (nSPS) is 13.1. The number of imidazole rings is 2. The van der Waals surface area contributed by atoms with Crippen molar-refractivity contribution in [2.24, 2.45) is 0 Å². The summed E-state index contributed by atoms with van der Waals surface area (Å²) in [6.07, 6.45) is 14.0. The summed E-state index contributed by atoms with van der Waals surface area (Å²) in [4.78, 5) is 31.2. The molecule has 30 heavy (non-hydrogen) atoms. The van der Waals surface area contributed by atoms with Gasteiger partial charge < -0.3 is 9.13 Å². The first kappa shape index (κ1) is 20.6. The quantitative estimate of drug-likeness (QED) is 0.341. The summed E-state index contributed by atoms with van der Waals surface area (Å²) in [5.41, 5.74) is 1.43. The van der Waals surface area contributed by atoms with E-state index in [2.05, 4.69) is 51.8 Å². The van der Waals surface area contributed by atoms with Crippen LogP contribution < -0.4 is 0 Å².